The van der Waals surface area contributed by atoms with E-state index in [1.54, 1.807) is 0 Å². The molecule has 3 N–H and O–H groups in total. The van der Waals surface area contributed by atoms with Crippen molar-refractivity contribution in [1.29, 1.82) is 0 Å². The number of aromatic nitrogens is 3. The zero-order chi connectivity index (χ0) is 15.8. The number of carbonyl (C=O) groups is 2. The van der Waals surface area contributed by atoms with E-state index in [9.17, 15) is 9.59 Å². The summed E-state index contributed by atoms with van der Waals surface area (Å²) < 4.78 is 6.04. The van der Waals surface area contributed by atoms with Crippen LogP contribution in [0.4, 0.5) is 0 Å². The Kier molecular flexibility index (Phi) is 6.80. The molecular weight excluding hydrogens is 274 g/mol. The van der Waals surface area contributed by atoms with Crippen LogP contribution in [0.15, 0.2) is 0 Å². The van der Waals surface area contributed by atoms with Gasteiger partial charge in [0.2, 0.25) is 5.91 Å². The number of ether oxygens (including phenoxy) is 1. The van der Waals surface area contributed by atoms with Crippen LogP contribution in [0, 0.1) is 0 Å². The molecule has 0 saturated carbocycles. The lowest BCUT2D eigenvalue weighted by molar-refractivity contribution is -0.122. The lowest BCUT2D eigenvalue weighted by Gasteiger charge is -2.15. The number of rotatable bonds is 8. The zero-order valence-corrected chi connectivity index (χ0v) is 12.8. The molecule has 0 spiro atoms. The van der Waals surface area contributed by atoms with Gasteiger partial charge in [-0.1, -0.05) is 19.1 Å². The average Bonchev–Trinajstić information content (AvgIpc) is 2.87. The molecule has 118 valence electrons. The largest absolute Gasteiger partial charge is 0.464 e. The summed E-state index contributed by atoms with van der Waals surface area (Å²) in [6.07, 6.45) is 2.13. The highest BCUT2D eigenvalue weighted by Gasteiger charge is 2.21. The summed E-state index contributed by atoms with van der Waals surface area (Å²) in [6, 6.07) is 0.138. The van der Waals surface area contributed by atoms with Crippen molar-refractivity contribution in [2.24, 2.45) is 5.73 Å². The first kappa shape index (κ1) is 17.1. The fraction of sp³-hybridized carbons (Fsp3) is 0.692. The van der Waals surface area contributed by atoms with E-state index in [1.165, 1.54) is 11.8 Å². The molecule has 0 radical (unpaired) electrons. The smallest absolute Gasteiger partial charge is 0.360 e. The van der Waals surface area contributed by atoms with E-state index in [0.717, 1.165) is 12.8 Å². The Morgan fingerprint density at radius 3 is 2.57 bits per heavy atom. The van der Waals surface area contributed by atoms with Crippen LogP contribution in [0.5, 0.6) is 0 Å². The van der Waals surface area contributed by atoms with E-state index < -0.39 is 5.97 Å². The second kappa shape index (κ2) is 8.35. The van der Waals surface area contributed by atoms with Crippen LogP contribution in [0.2, 0.25) is 0 Å². The summed E-state index contributed by atoms with van der Waals surface area (Å²) in [5.41, 5.74) is 6.16. The first-order valence-corrected chi connectivity index (χ1v) is 7.07. The Balaban J connectivity index is 2.85. The highest BCUT2D eigenvalue weighted by atomic mass is 16.5. The Morgan fingerprint density at radius 2 is 2.05 bits per heavy atom. The summed E-state index contributed by atoms with van der Waals surface area (Å²) in [7, 11) is 1.27. The molecule has 1 aromatic heterocycles. The van der Waals surface area contributed by atoms with Crippen LogP contribution in [0.3, 0.4) is 0 Å². The van der Waals surface area contributed by atoms with E-state index in [2.05, 4.69) is 20.4 Å². The van der Waals surface area contributed by atoms with E-state index in [4.69, 9.17) is 5.73 Å². The van der Waals surface area contributed by atoms with E-state index in [-0.39, 0.29) is 24.2 Å². The molecule has 1 rings (SSSR count). The molecule has 0 bridgehead atoms. The van der Waals surface area contributed by atoms with Gasteiger partial charge in [0.25, 0.3) is 0 Å². The van der Waals surface area contributed by atoms with Gasteiger partial charge in [-0.3, -0.25) is 4.79 Å². The molecule has 1 aromatic rings. The maximum Gasteiger partial charge on any atom is 0.360 e. The van der Waals surface area contributed by atoms with Crippen LogP contribution in [-0.2, 0) is 22.5 Å². The first-order valence-electron chi connectivity index (χ1n) is 7.07. The van der Waals surface area contributed by atoms with Gasteiger partial charge in [-0.05, 0) is 19.4 Å². The van der Waals surface area contributed by atoms with Crippen molar-refractivity contribution >= 4 is 11.9 Å². The third kappa shape index (κ3) is 4.52. The van der Waals surface area contributed by atoms with E-state index in [1.807, 2.05) is 13.8 Å². The number of hydrogen-bond donors (Lipinski definition) is 2. The monoisotopic (exact) mass is 297 g/mol. The minimum absolute atomic E-state index is 0.00975. The number of amides is 1. The molecule has 0 fully saturated rings. The molecule has 21 heavy (non-hydrogen) atoms. The van der Waals surface area contributed by atoms with Gasteiger partial charge in [0.1, 0.15) is 6.54 Å². The highest BCUT2D eigenvalue weighted by molar-refractivity contribution is 5.88. The predicted octanol–water partition coefficient (Wildman–Crippen LogP) is -0.129. The predicted molar refractivity (Wildman–Crippen MR) is 76.6 cm³/mol. The highest BCUT2D eigenvalue weighted by Crippen LogP contribution is 2.08. The summed E-state index contributed by atoms with van der Waals surface area (Å²) in [5.74, 6) is -0.742. The van der Waals surface area contributed by atoms with Crippen LogP contribution in [0.25, 0.3) is 0 Å². The quantitative estimate of drug-likeness (QED) is 0.646. The summed E-state index contributed by atoms with van der Waals surface area (Å²) in [6.45, 7) is 4.36. The van der Waals surface area contributed by atoms with Crippen LogP contribution in [-0.4, -0.2) is 46.6 Å². The molecule has 0 aliphatic heterocycles. The average molecular weight is 297 g/mol. The van der Waals surface area contributed by atoms with Crippen molar-refractivity contribution in [2.75, 3.05) is 13.7 Å². The maximum absolute atomic E-state index is 12.0. The normalized spacial score (nSPS) is 10.7. The molecule has 0 atom stereocenters. The van der Waals surface area contributed by atoms with Crippen LogP contribution < -0.4 is 11.1 Å². The minimum Gasteiger partial charge on any atom is -0.464 e. The molecule has 0 aliphatic carbocycles. The number of nitrogens with zero attached hydrogens (tertiary/aromatic N) is 3. The van der Waals surface area contributed by atoms with Crippen molar-refractivity contribution in [2.45, 2.75) is 45.7 Å². The van der Waals surface area contributed by atoms with Gasteiger partial charge in [0.05, 0.1) is 12.8 Å². The second-order valence-corrected chi connectivity index (χ2v) is 4.65. The SMILES string of the molecule is CCC(CC)NC(=O)Cn1nnc(C(=O)OC)c1CCN. The lowest BCUT2D eigenvalue weighted by Crippen LogP contribution is -2.36. The van der Waals surface area contributed by atoms with Gasteiger partial charge in [-0.15, -0.1) is 5.10 Å². The van der Waals surface area contributed by atoms with Crippen molar-refractivity contribution < 1.29 is 14.3 Å². The lowest BCUT2D eigenvalue weighted by atomic mass is 10.2. The molecule has 1 heterocycles. The Morgan fingerprint density at radius 1 is 1.38 bits per heavy atom. The molecule has 8 heteroatoms. The van der Waals surface area contributed by atoms with Gasteiger partial charge in [-0.25, -0.2) is 9.48 Å². The third-order valence-electron chi connectivity index (χ3n) is 3.24. The summed E-state index contributed by atoms with van der Waals surface area (Å²) in [5, 5.41) is 10.5. The molecule has 0 unspecified atom stereocenters. The van der Waals surface area contributed by atoms with Crippen molar-refractivity contribution in [1.82, 2.24) is 20.3 Å². The van der Waals surface area contributed by atoms with E-state index >= 15 is 0 Å². The number of nitrogens with two attached hydrogens (primary N) is 1. The number of carbonyl (C=O) groups excluding carboxylic acids is 2. The zero-order valence-electron chi connectivity index (χ0n) is 12.8. The van der Waals surface area contributed by atoms with Gasteiger partial charge in [-0.2, -0.15) is 0 Å². The van der Waals surface area contributed by atoms with Gasteiger partial charge < -0.3 is 15.8 Å². The van der Waals surface area contributed by atoms with Crippen molar-refractivity contribution in [3.8, 4) is 0 Å². The van der Waals surface area contributed by atoms with Crippen LogP contribution >= 0.6 is 0 Å². The van der Waals surface area contributed by atoms with E-state index in [0.29, 0.717) is 18.7 Å². The standard InChI is InChI=1S/C13H23N5O3/c1-4-9(5-2)15-11(19)8-18-10(6-7-14)12(16-17-18)13(20)21-3/h9H,4-8,14H2,1-3H3,(H,15,19). The topological polar surface area (TPSA) is 112 Å². The maximum atomic E-state index is 12.0. The summed E-state index contributed by atoms with van der Waals surface area (Å²) in [4.78, 5) is 23.6. The second-order valence-electron chi connectivity index (χ2n) is 4.65. The Labute approximate surface area is 124 Å². The third-order valence-corrected chi connectivity index (χ3v) is 3.24. The van der Waals surface area contributed by atoms with Gasteiger partial charge in [0.15, 0.2) is 5.69 Å². The Bertz CT molecular complexity index is 482. The molecule has 0 aliphatic rings. The number of methoxy groups -OCH3 is 1. The van der Waals surface area contributed by atoms with Gasteiger partial charge in [0, 0.05) is 12.5 Å². The van der Waals surface area contributed by atoms with Gasteiger partial charge >= 0.3 is 5.97 Å². The number of hydrogen-bond acceptors (Lipinski definition) is 6. The summed E-state index contributed by atoms with van der Waals surface area (Å²) >= 11 is 0. The minimum atomic E-state index is -0.579. The molecule has 0 saturated heterocycles. The molecule has 1 amide bonds. The fourth-order valence-corrected chi connectivity index (χ4v) is 2.00. The molecular formula is C13H23N5O3. The number of esters is 1. The Hall–Kier alpha value is -1.96. The first-order chi connectivity index (χ1) is 10.1. The van der Waals surface area contributed by atoms with Crippen molar-refractivity contribution in [3.63, 3.8) is 0 Å². The molecule has 0 aromatic carbocycles. The van der Waals surface area contributed by atoms with Crippen LogP contribution in [0.1, 0.15) is 42.9 Å². The van der Waals surface area contributed by atoms with Crippen molar-refractivity contribution in [3.05, 3.63) is 11.4 Å². The molecule has 8 nitrogen and oxygen atoms in total. The number of nitrogens with one attached hydrogen (secondary N) is 1. The fourth-order valence-electron chi connectivity index (χ4n) is 2.00.